The van der Waals surface area contributed by atoms with E-state index in [-0.39, 0.29) is 0 Å². The predicted molar refractivity (Wildman–Crippen MR) is 84.8 cm³/mol. The van der Waals surface area contributed by atoms with E-state index >= 15 is 0 Å². The smallest absolute Gasteiger partial charge is 0.194 e. The van der Waals surface area contributed by atoms with Gasteiger partial charge < -0.3 is 0 Å². The van der Waals surface area contributed by atoms with E-state index in [1.165, 1.54) is 38.9 Å². The summed E-state index contributed by atoms with van der Waals surface area (Å²) in [5.74, 6) is 0. The molecule has 0 radical (unpaired) electrons. The molecule has 0 amide bonds. The van der Waals surface area contributed by atoms with Gasteiger partial charge in [0.1, 0.15) is 7.05 Å². The fourth-order valence-electron chi connectivity index (χ4n) is 2.88. The lowest BCUT2D eigenvalue weighted by molar-refractivity contribution is -0.633. The molecule has 1 nitrogen and oxygen atoms in total. The Morgan fingerprint density at radius 1 is 0.800 bits per heavy atom. The van der Waals surface area contributed by atoms with Crippen molar-refractivity contribution >= 4 is 10.9 Å². The zero-order chi connectivity index (χ0) is 14.3. The number of aromatic nitrogens is 1. The van der Waals surface area contributed by atoms with Gasteiger partial charge in [-0.15, -0.1) is 0 Å². The van der Waals surface area contributed by atoms with Crippen LogP contribution in [-0.4, -0.2) is 0 Å². The summed E-state index contributed by atoms with van der Waals surface area (Å²) >= 11 is 0. The molecule has 0 spiro atoms. The fourth-order valence-corrected chi connectivity index (χ4v) is 2.88. The summed E-state index contributed by atoms with van der Waals surface area (Å²) in [6.45, 7) is 6.51. The molecule has 20 heavy (non-hydrogen) atoms. The third-order valence-electron chi connectivity index (χ3n) is 4.08. The number of pyridine rings is 1. The molecule has 0 saturated carbocycles. The maximum absolute atomic E-state index is 2.30. The predicted octanol–water partition coefficient (Wildman–Crippen LogP) is 4.26. The Morgan fingerprint density at radius 2 is 1.55 bits per heavy atom. The molecule has 0 aliphatic carbocycles. The van der Waals surface area contributed by atoms with Gasteiger partial charge >= 0.3 is 0 Å². The molecular weight excluding hydrogens is 242 g/mol. The van der Waals surface area contributed by atoms with Crippen LogP contribution in [0.5, 0.6) is 0 Å². The number of rotatable bonds is 1. The largest absolute Gasteiger partial charge is 0.213 e. The third kappa shape index (κ3) is 2.00. The van der Waals surface area contributed by atoms with Gasteiger partial charge in [0.25, 0.3) is 0 Å². The molecule has 0 saturated heterocycles. The van der Waals surface area contributed by atoms with Crippen LogP contribution in [0.2, 0.25) is 0 Å². The molecule has 0 unspecified atom stereocenters. The first-order valence-corrected chi connectivity index (χ1v) is 7.04. The first-order chi connectivity index (χ1) is 9.58. The maximum Gasteiger partial charge on any atom is 0.213 e. The lowest BCUT2D eigenvalue weighted by Crippen LogP contribution is -2.32. The Labute approximate surface area is 120 Å². The van der Waals surface area contributed by atoms with Gasteiger partial charge in [0.15, 0.2) is 0 Å². The van der Waals surface area contributed by atoms with Crippen LogP contribution in [0.3, 0.4) is 0 Å². The molecule has 0 aliphatic heterocycles. The van der Waals surface area contributed by atoms with Crippen molar-refractivity contribution < 1.29 is 4.57 Å². The molecule has 3 rings (SSSR count). The van der Waals surface area contributed by atoms with Crippen molar-refractivity contribution in [2.45, 2.75) is 20.8 Å². The number of nitrogens with zero attached hydrogens (tertiary/aromatic N) is 1. The van der Waals surface area contributed by atoms with Gasteiger partial charge in [-0.3, -0.25) is 0 Å². The average Bonchev–Trinajstić information content (AvgIpc) is 2.43. The second-order valence-electron chi connectivity index (χ2n) is 5.61. The van der Waals surface area contributed by atoms with Crippen LogP contribution in [0.25, 0.3) is 22.2 Å². The van der Waals surface area contributed by atoms with Gasteiger partial charge in [0.05, 0.1) is 0 Å². The Bertz CT molecular complexity index is 800. The van der Waals surface area contributed by atoms with Crippen LogP contribution >= 0.6 is 0 Å². The average molecular weight is 262 g/mol. The van der Waals surface area contributed by atoms with Gasteiger partial charge in [-0.25, -0.2) is 0 Å². The first kappa shape index (κ1) is 12.9. The van der Waals surface area contributed by atoms with Crippen molar-refractivity contribution in [1.82, 2.24) is 0 Å². The monoisotopic (exact) mass is 262 g/mol. The van der Waals surface area contributed by atoms with Crippen LogP contribution in [-0.2, 0) is 7.05 Å². The van der Waals surface area contributed by atoms with Crippen molar-refractivity contribution in [2.75, 3.05) is 0 Å². The maximum atomic E-state index is 2.30. The molecule has 1 aromatic heterocycles. The molecule has 2 aromatic carbocycles. The van der Waals surface area contributed by atoms with E-state index in [0.717, 1.165) is 0 Å². The van der Waals surface area contributed by atoms with Gasteiger partial charge in [-0.2, -0.15) is 4.57 Å². The molecule has 1 heterocycles. The van der Waals surface area contributed by atoms with Crippen molar-refractivity contribution in [3.63, 3.8) is 0 Å². The molecule has 0 bridgehead atoms. The van der Waals surface area contributed by atoms with E-state index in [1.54, 1.807) is 0 Å². The highest BCUT2D eigenvalue weighted by Crippen LogP contribution is 2.25. The quantitative estimate of drug-likeness (QED) is 0.577. The van der Waals surface area contributed by atoms with Crippen LogP contribution < -0.4 is 4.57 Å². The Balaban J connectivity index is 2.38. The Kier molecular flexibility index (Phi) is 3.06. The van der Waals surface area contributed by atoms with E-state index < -0.39 is 0 Å². The van der Waals surface area contributed by atoms with Gasteiger partial charge in [-0.1, -0.05) is 24.3 Å². The lowest BCUT2D eigenvalue weighted by Gasteiger charge is -2.09. The molecule has 3 aromatic rings. The summed E-state index contributed by atoms with van der Waals surface area (Å²) in [6.07, 6.45) is 0. The summed E-state index contributed by atoms with van der Waals surface area (Å²) in [5.41, 5.74) is 7.82. The molecule has 0 fully saturated rings. The standard InChI is InChI=1S/C19H20N/c1-13-9-10-17-15(3)12-19(20(4)18(17)11-13)16-8-6-5-7-14(16)2/h5-12H,1-4H3/q+1. The summed E-state index contributed by atoms with van der Waals surface area (Å²) in [5, 5.41) is 1.33. The molecular formula is C19H20N+. The Morgan fingerprint density at radius 3 is 2.30 bits per heavy atom. The van der Waals surface area contributed by atoms with Crippen molar-refractivity contribution in [1.29, 1.82) is 0 Å². The number of fused-ring (bicyclic) bond motifs is 1. The molecule has 0 N–H and O–H groups in total. The number of hydrogen-bond acceptors (Lipinski definition) is 0. The minimum absolute atomic E-state index is 1.28. The van der Waals surface area contributed by atoms with E-state index in [9.17, 15) is 0 Å². The van der Waals surface area contributed by atoms with Crippen molar-refractivity contribution in [2.24, 2.45) is 7.05 Å². The van der Waals surface area contributed by atoms with E-state index in [1.807, 2.05) is 0 Å². The zero-order valence-corrected chi connectivity index (χ0v) is 12.6. The number of benzene rings is 2. The normalized spacial score (nSPS) is 11.0. The minimum atomic E-state index is 1.28. The summed E-state index contributed by atoms with van der Waals surface area (Å²) in [7, 11) is 2.16. The second-order valence-corrected chi connectivity index (χ2v) is 5.61. The molecule has 1 heteroatoms. The van der Waals surface area contributed by atoms with Crippen LogP contribution in [0.4, 0.5) is 0 Å². The SMILES string of the molecule is Cc1ccc2c(C)cc(-c3ccccc3C)[n+](C)c2c1. The van der Waals surface area contributed by atoms with Crippen LogP contribution in [0.1, 0.15) is 16.7 Å². The van der Waals surface area contributed by atoms with Gasteiger partial charge in [0, 0.05) is 23.1 Å². The fraction of sp³-hybridized carbons (Fsp3) is 0.211. The van der Waals surface area contributed by atoms with Crippen LogP contribution in [0, 0.1) is 20.8 Å². The van der Waals surface area contributed by atoms with E-state index in [0.29, 0.717) is 0 Å². The van der Waals surface area contributed by atoms with Gasteiger partial charge in [-0.05, 0) is 49.6 Å². The van der Waals surface area contributed by atoms with Crippen molar-refractivity contribution in [3.8, 4) is 11.3 Å². The third-order valence-corrected chi connectivity index (χ3v) is 4.08. The highest BCUT2D eigenvalue weighted by Gasteiger charge is 2.17. The molecule has 0 aliphatic rings. The number of hydrogen-bond donors (Lipinski definition) is 0. The van der Waals surface area contributed by atoms with Crippen LogP contribution in [0.15, 0.2) is 48.5 Å². The second kappa shape index (κ2) is 4.75. The minimum Gasteiger partial charge on any atom is -0.194 e. The summed E-state index contributed by atoms with van der Waals surface area (Å²) in [4.78, 5) is 0. The van der Waals surface area contributed by atoms with E-state index in [4.69, 9.17) is 0 Å². The highest BCUT2D eigenvalue weighted by molar-refractivity contribution is 5.82. The van der Waals surface area contributed by atoms with Gasteiger partial charge in [0.2, 0.25) is 11.2 Å². The highest BCUT2D eigenvalue weighted by atomic mass is 14.9. The zero-order valence-electron chi connectivity index (χ0n) is 12.6. The van der Waals surface area contributed by atoms with E-state index in [2.05, 4.69) is 80.9 Å². The molecule has 0 atom stereocenters. The summed E-state index contributed by atoms with van der Waals surface area (Å²) < 4.78 is 2.30. The van der Waals surface area contributed by atoms with Crippen molar-refractivity contribution in [3.05, 3.63) is 65.2 Å². The topological polar surface area (TPSA) is 3.88 Å². The molecule has 100 valence electrons. The Hall–Kier alpha value is -2.15. The lowest BCUT2D eigenvalue weighted by atomic mass is 10.0. The summed E-state index contributed by atoms with van der Waals surface area (Å²) in [6, 6.07) is 17.5. The first-order valence-electron chi connectivity index (χ1n) is 7.04. The number of aryl methyl sites for hydroxylation is 4.